The summed E-state index contributed by atoms with van der Waals surface area (Å²) in [6.07, 6.45) is 0.654. The van der Waals surface area contributed by atoms with Crippen LogP contribution in [0.5, 0.6) is 0 Å². The molecular formula is C20H19FN4O2. The van der Waals surface area contributed by atoms with Gasteiger partial charge in [-0.2, -0.15) is 0 Å². The number of nitrogens with one attached hydrogen (secondary N) is 2. The van der Waals surface area contributed by atoms with Crippen molar-refractivity contribution in [3.63, 3.8) is 0 Å². The van der Waals surface area contributed by atoms with Crippen LogP contribution in [0.3, 0.4) is 0 Å². The van der Waals surface area contributed by atoms with E-state index in [0.29, 0.717) is 19.6 Å². The lowest BCUT2D eigenvalue weighted by molar-refractivity contribution is 0.0751. The maximum atomic E-state index is 14.9. The Kier molecular flexibility index (Phi) is 4.75. The lowest BCUT2D eigenvalue weighted by Gasteiger charge is -2.30. The van der Waals surface area contributed by atoms with E-state index in [1.807, 2.05) is 30.3 Å². The number of benzene rings is 1. The van der Waals surface area contributed by atoms with Crippen molar-refractivity contribution in [2.75, 3.05) is 18.5 Å². The average Bonchev–Trinajstić information content (AvgIpc) is 3.08. The molecule has 0 bridgehead atoms. The number of rotatable bonds is 2. The first-order chi connectivity index (χ1) is 13.1. The Bertz CT molecular complexity index is 936. The number of anilines is 1. The molecule has 4 N–H and O–H groups in total. The molecule has 0 saturated carbocycles. The second-order valence-corrected chi connectivity index (χ2v) is 6.55. The summed E-state index contributed by atoms with van der Waals surface area (Å²) in [5.41, 5.74) is 7.59. The Morgan fingerprint density at radius 1 is 1.30 bits per heavy atom. The van der Waals surface area contributed by atoms with Crippen LogP contribution in [0, 0.1) is 17.7 Å². The molecule has 1 amide bonds. The number of halogens is 1. The van der Waals surface area contributed by atoms with E-state index in [-0.39, 0.29) is 47.2 Å². The molecule has 27 heavy (non-hydrogen) atoms. The molecule has 138 valence electrons. The molecule has 1 aromatic carbocycles. The fourth-order valence-corrected chi connectivity index (χ4v) is 3.23. The van der Waals surface area contributed by atoms with Gasteiger partial charge in [-0.3, -0.25) is 4.79 Å². The summed E-state index contributed by atoms with van der Waals surface area (Å²) in [6.45, 7) is 1.08. The molecule has 7 heteroatoms. The summed E-state index contributed by atoms with van der Waals surface area (Å²) in [4.78, 5) is 16.5. The van der Waals surface area contributed by atoms with Gasteiger partial charge in [0.2, 0.25) is 0 Å². The number of pyridine rings is 1. The zero-order valence-electron chi connectivity index (χ0n) is 14.6. The quantitative estimate of drug-likeness (QED) is 0.699. The zero-order valence-corrected chi connectivity index (χ0v) is 14.6. The fraction of sp³-hybridized carbons (Fsp3) is 0.300. The number of hydrogen-bond acceptors (Lipinski definition) is 5. The first kappa shape index (κ1) is 17.5. The molecule has 2 aliphatic rings. The molecule has 4 rings (SSSR count). The maximum absolute atomic E-state index is 14.9. The van der Waals surface area contributed by atoms with Crippen LogP contribution in [0.4, 0.5) is 10.2 Å². The van der Waals surface area contributed by atoms with Crippen molar-refractivity contribution in [1.29, 1.82) is 0 Å². The second-order valence-electron chi connectivity index (χ2n) is 6.55. The molecule has 0 aliphatic carbocycles. The molecule has 6 nitrogen and oxygen atoms in total. The van der Waals surface area contributed by atoms with Gasteiger partial charge in [0.25, 0.3) is 5.91 Å². The van der Waals surface area contributed by atoms with E-state index in [1.54, 1.807) is 0 Å². The van der Waals surface area contributed by atoms with Crippen molar-refractivity contribution in [1.82, 2.24) is 10.3 Å². The highest BCUT2D eigenvalue weighted by Crippen LogP contribution is 2.27. The summed E-state index contributed by atoms with van der Waals surface area (Å²) in [5, 5.41) is 5.73. The van der Waals surface area contributed by atoms with Crippen molar-refractivity contribution in [2.45, 2.75) is 25.0 Å². The SMILES string of the molecule is NC1COCCC1Nc1nc(C#Cc2ccccc2)c2c(c1F)CNC2=O. The third kappa shape index (κ3) is 3.50. The smallest absolute Gasteiger partial charge is 0.254 e. The van der Waals surface area contributed by atoms with Gasteiger partial charge in [-0.15, -0.1) is 0 Å². The predicted octanol–water partition coefficient (Wildman–Crippen LogP) is 1.39. The van der Waals surface area contributed by atoms with Gasteiger partial charge in [-0.25, -0.2) is 9.37 Å². The number of hydrogen-bond donors (Lipinski definition) is 3. The van der Waals surface area contributed by atoms with Crippen LogP contribution in [0.25, 0.3) is 0 Å². The van der Waals surface area contributed by atoms with Crippen LogP contribution in [0.15, 0.2) is 30.3 Å². The Morgan fingerprint density at radius 3 is 2.89 bits per heavy atom. The van der Waals surface area contributed by atoms with E-state index in [0.717, 1.165) is 5.56 Å². The Labute approximate surface area is 156 Å². The van der Waals surface area contributed by atoms with E-state index >= 15 is 0 Å². The number of nitrogens with two attached hydrogens (primary N) is 1. The van der Waals surface area contributed by atoms with Gasteiger partial charge < -0.3 is 21.1 Å². The molecule has 2 aliphatic heterocycles. The molecular weight excluding hydrogens is 347 g/mol. The summed E-state index contributed by atoms with van der Waals surface area (Å²) >= 11 is 0. The summed E-state index contributed by atoms with van der Waals surface area (Å²) in [5.74, 6) is 5.09. The number of ether oxygens (including phenoxy) is 1. The average molecular weight is 366 g/mol. The monoisotopic (exact) mass is 366 g/mol. The van der Waals surface area contributed by atoms with Gasteiger partial charge in [-0.1, -0.05) is 24.1 Å². The van der Waals surface area contributed by atoms with Crippen molar-refractivity contribution < 1.29 is 13.9 Å². The largest absolute Gasteiger partial charge is 0.380 e. The highest BCUT2D eigenvalue weighted by Gasteiger charge is 2.31. The zero-order chi connectivity index (χ0) is 18.8. The third-order valence-corrected chi connectivity index (χ3v) is 4.71. The molecule has 0 radical (unpaired) electrons. The summed E-state index contributed by atoms with van der Waals surface area (Å²) in [7, 11) is 0. The van der Waals surface area contributed by atoms with Crippen LogP contribution in [0.1, 0.15) is 33.6 Å². The van der Waals surface area contributed by atoms with Crippen LogP contribution in [-0.2, 0) is 11.3 Å². The molecule has 2 unspecified atom stereocenters. The Morgan fingerprint density at radius 2 is 2.11 bits per heavy atom. The van der Waals surface area contributed by atoms with Crippen molar-refractivity contribution >= 4 is 11.7 Å². The minimum absolute atomic E-state index is 0.0740. The Hall–Kier alpha value is -2.95. The van der Waals surface area contributed by atoms with Gasteiger partial charge in [0.15, 0.2) is 11.6 Å². The van der Waals surface area contributed by atoms with E-state index in [9.17, 15) is 9.18 Å². The minimum Gasteiger partial charge on any atom is -0.380 e. The van der Waals surface area contributed by atoms with Gasteiger partial charge in [0, 0.05) is 36.4 Å². The second kappa shape index (κ2) is 7.35. The Balaban J connectivity index is 1.73. The van der Waals surface area contributed by atoms with E-state index in [1.165, 1.54) is 0 Å². The molecule has 1 fully saturated rings. The number of carbonyl (C=O) groups is 1. The van der Waals surface area contributed by atoms with Gasteiger partial charge in [0.05, 0.1) is 12.2 Å². The molecule has 1 saturated heterocycles. The number of amides is 1. The molecule has 2 aromatic rings. The lowest BCUT2D eigenvalue weighted by atomic mass is 10.0. The first-order valence-corrected chi connectivity index (χ1v) is 8.81. The van der Waals surface area contributed by atoms with Gasteiger partial charge in [0.1, 0.15) is 5.69 Å². The summed E-state index contributed by atoms with van der Waals surface area (Å²) < 4.78 is 20.3. The van der Waals surface area contributed by atoms with E-state index in [4.69, 9.17) is 10.5 Å². The number of aromatic nitrogens is 1. The standard InChI is InChI=1S/C20H19FN4O2/c21-18-13-10-23-20(26)17(13)16(7-6-12-4-2-1-3-5-12)25-19(18)24-15-8-9-27-11-14(15)22/h1-5,14-15H,8-11,22H2,(H,23,26)(H,24,25). The number of fused-ring (bicyclic) bond motifs is 1. The topological polar surface area (TPSA) is 89.3 Å². The summed E-state index contributed by atoms with van der Waals surface area (Å²) in [6, 6.07) is 8.95. The number of nitrogens with zero attached hydrogens (tertiary/aromatic N) is 1. The van der Waals surface area contributed by atoms with Crippen molar-refractivity contribution in [3.05, 3.63) is 58.5 Å². The van der Waals surface area contributed by atoms with Crippen molar-refractivity contribution in [2.24, 2.45) is 5.73 Å². The lowest BCUT2D eigenvalue weighted by Crippen LogP contribution is -2.48. The van der Waals surface area contributed by atoms with Crippen molar-refractivity contribution in [3.8, 4) is 11.8 Å². The van der Waals surface area contributed by atoms with Crippen LogP contribution in [0.2, 0.25) is 0 Å². The molecule has 3 heterocycles. The predicted molar refractivity (Wildman–Crippen MR) is 98.6 cm³/mol. The van der Waals surface area contributed by atoms with Crippen LogP contribution >= 0.6 is 0 Å². The minimum atomic E-state index is -0.535. The highest BCUT2D eigenvalue weighted by molar-refractivity contribution is 6.00. The third-order valence-electron chi connectivity index (χ3n) is 4.71. The molecule has 1 aromatic heterocycles. The van der Waals surface area contributed by atoms with Gasteiger partial charge >= 0.3 is 0 Å². The maximum Gasteiger partial charge on any atom is 0.254 e. The van der Waals surface area contributed by atoms with E-state index < -0.39 is 5.82 Å². The fourth-order valence-electron chi connectivity index (χ4n) is 3.23. The normalized spacial score (nSPS) is 21.0. The van der Waals surface area contributed by atoms with Crippen LogP contribution in [-0.4, -0.2) is 36.2 Å². The number of carbonyl (C=O) groups excluding carboxylic acids is 1. The van der Waals surface area contributed by atoms with Gasteiger partial charge in [-0.05, 0) is 24.5 Å². The first-order valence-electron chi connectivity index (χ1n) is 8.81. The molecule has 2 atom stereocenters. The van der Waals surface area contributed by atoms with Crippen LogP contribution < -0.4 is 16.4 Å². The highest BCUT2D eigenvalue weighted by atomic mass is 19.1. The molecule has 0 spiro atoms. The van der Waals surface area contributed by atoms with E-state index in [2.05, 4.69) is 27.5 Å².